The minimum absolute atomic E-state index is 0.502. The van der Waals surface area contributed by atoms with Gasteiger partial charge in [-0.15, -0.1) is 0 Å². The molecule has 1 aromatic heterocycles. The third kappa shape index (κ3) is 2.60. The zero-order chi connectivity index (χ0) is 12.4. The first-order valence-corrected chi connectivity index (χ1v) is 6.54. The van der Waals surface area contributed by atoms with Gasteiger partial charge in [-0.05, 0) is 31.9 Å². The highest BCUT2D eigenvalue weighted by atomic mass is 15.2. The van der Waals surface area contributed by atoms with E-state index in [9.17, 15) is 0 Å². The highest BCUT2D eigenvalue weighted by molar-refractivity contribution is 5.47. The molecule has 3 nitrogen and oxygen atoms in total. The van der Waals surface area contributed by atoms with Crippen molar-refractivity contribution in [2.75, 3.05) is 18.0 Å². The van der Waals surface area contributed by atoms with E-state index in [4.69, 9.17) is 0 Å². The van der Waals surface area contributed by atoms with E-state index in [2.05, 4.69) is 55.0 Å². The molecule has 0 saturated carbocycles. The van der Waals surface area contributed by atoms with E-state index in [-0.39, 0.29) is 0 Å². The zero-order valence-corrected chi connectivity index (χ0v) is 11.3. The summed E-state index contributed by atoms with van der Waals surface area (Å²) in [5.74, 6) is 0.502. The van der Waals surface area contributed by atoms with Crippen LogP contribution < -0.4 is 10.2 Å². The second kappa shape index (κ2) is 5.05. The van der Waals surface area contributed by atoms with Gasteiger partial charge in [0.05, 0.1) is 11.9 Å². The normalized spacial score (nSPS) is 25.4. The summed E-state index contributed by atoms with van der Waals surface area (Å²) >= 11 is 0. The summed E-state index contributed by atoms with van der Waals surface area (Å²) in [5.41, 5.74) is 2.42. The molecule has 0 spiro atoms. The number of hydrogen-bond acceptors (Lipinski definition) is 3. The SMILES string of the molecule is CC(C)c1ccc(N2[C@H](C)CNC[C@@H]2C)cn1. The zero-order valence-electron chi connectivity index (χ0n) is 11.3. The molecular weight excluding hydrogens is 210 g/mol. The van der Waals surface area contributed by atoms with Crippen LogP contribution >= 0.6 is 0 Å². The lowest BCUT2D eigenvalue weighted by atomic mass is 10.1. The molecule has 1 fully saturated rings. The monoisotopic (exact) mass is 233 g/mol. The van der Waals surface area contributed by atoms with E-state index in [1.807, 2.05) is 6.20 Å². The largest absolute Gasteiger partial charge is 0.362 e. The summed E-state index contributed by atoms with van der Waals surface area (Å²) in [4.78, 5) is 7.03. The first-order valence-electron chi connectivity index (χ1n) is 6.54. The number of pyridine rings is 1. The summed E-state index contributed by atoms with van der Waals surface area (Å²) in [6.07, 6.45) is 2.02. The van der Waals surface area contributed by atoms with E-state index in [1.54, 1.807) is 0 Å². The molecule has 0 radical (unpaired) electrons. The lowest BCUT2D eigenvalue weighted by Gasteiger charge is -2.41. The van der Waals surface area contributed by atoms with E-state index in [0.29, 0.717) is 18.0 Å². The molecule has 94 valence electrons. The van der Waals surface area contributed by atoms with Gasteiger partial charge in [0.15, 0.2) is 0 Å². The molecule has 0 aromatic carbocycles. The Morgan fingerprint density at radius 3 is 2.35 bits per heavy atom. The van der Waals surface area contributed by atoms with Crippen molar-refractivity contribution in [2.24, 2.45) is 0 Å². The van der Waals surface area contributed by atoms with Crippen LogP contribution in [0.15, 0.2) is 18.3 Å². The summed E-state index contributed by atoms with van der Waals surface area (Å²) in [6, 6.07) is 5.43. The number of piperazine rings is 1. The molecule has 17 heavy (non-hydrogen) atoms. The fourth-order valence-electron chi connectivity index (χ4n) is 2.53. The van der Waals surface area contributed by atoms with Crippen molar-refractivity contribution in [1.29, 1.82) is 0 Å². The summed E-state index contributed by atoms with van der Waals surface area (Å²) in [6.45, 7) is 11.0. The molecule has 1 N–H and O–H groups in total. The van der Waals surface area contributed by atoms with Crippen molar-refractivity contribution in [2.45, 2.75) is 45.7 Å². The standard InChI is InChI=1S/C14H23N3/c1-10(2)14-6-5-13(9-16-14)17-11(3)7-15-8-12(17)4/h5-6,9-12,15H,7-8H2,1-4H3/t11-,12+. The van der Waals surface area contributed by atoms with Crippen LogP contribution in [0.3, 0.4) is 0 Å². The van der Waals surface area contributed by atoms with Crippen LogP contribution in [0.5, 0.6) is 0 Å². The average molecular weight is 233 g/mol. The quantitative estimate of drug-likeness (QED) is 0.850. The highest BCUT2D eigenvalue weighted by Crippen LogP contribution is 2.22. The molecule has 0 bridgehead atoms. The van der Waals surface area contributed by atoms with Crippen molar-refractivity contribution in [3.8, 4) is 0 Å². The van der Waals surface area contributed by atoms with Crippen LogP contribution in [0.2, 0.25) is 0 Å². The van der Waals surface area contributed by atoms with Crippen LogP contribution in [0.25, 0.3) is 0 Å². The van der Waals surface area contributed by atoms with Crippen LogP contribution in [0.1, 0.15) is 39.3 Å². The van der Waals surface area contributed by atoms with Crippen LogP contribution in [0, 0.1) is 0 Å². The number of hydrogen-bond donors (Lipinski definition) is 1. The van der Waals surface area contributed by atoms with E-state index in [1.165, 1.54) is 11.4 Å². The number of nitrogens with zero attached hydrogens (tertiary/aromatic N) is 2. The predicted octanol–water partition coefficient (Wildman–Crippen LogP) is 2.39. The minimum Gasteiger partial charge on any atom is -0.362 e. The van der Waals surface area contributed by atoms with E-state index in [0.717, 1.165) is 13.1 Å². The van der Waals surface area contributed by atoms with Gasteiger partial charge in [-0.1, -0.05) is 13.8 Å². The summed E-state index contributed by atoms with van der Waals surface area (Å²) in [7, 11) is 0. The van der Waals surface area contributed by atoms with Crippen LogP contribution in [-0.4, -0.2) is 30.2 Å². The molecule has 2 rings (SSSR count). The molecule has 1 aliphatic heterocycles. The average Bonchev–Trinajstić information content (AvgIpc) is 2.29. The maximum absolute atomic E-state index is 4.56. The van der Waals surface area contributed by atoms with Gasteiger partial charge in [0.25, 0.3) is 0 Å². The Kier molecular flexibility index (Phi) is 3.67. The first-order chi connectivity index (χ1) is 8.09. The van der Waals surface area contributed by atoms with Gasteiger partial charge in [-0.25, -0.2) is 0 Å². The number of rotatable bonds is 2. The molecule has 1 aliphatic rings. The predicted molar refractivity (Wildman–Crippen MR) is 72.6 cm³/mol. The molecule has 1 saturated heterocycles. The highest BCUT2D eigenvalue weighted by Gasteiger charge is 2.24. The molecule has 2 heterocycles. The van der Waals surface area contributed by atoms with E-state index < -0.39 is 0 Å². The van der Waals surface area contributed by atoms with Gasteiger partial charge in [-0.2, -0.15) is 0 Å². The Labute approximate surface area is 104 Å². The van der Waals surface area contributed by atoms with E-state index >= 15 is 0 Å². The Morgan fingerprint density at radius 2 is 1.88 bits per heavy atom. The Hall–Kier alpha value is -1.09. The molecular formula is C14H23N3. The van der Waals surface area contributed by atoms with Crippen molar-refractivity contribution < 1.29 is 0 Å². The number of nitrogens with one attached hydrogen (secondary N) is 1. The van der Waals surface area contributed by atoms with Crippen molar-refractivity contribution >= 4 is 5.69 Å². The van der Waals surface area contributed by atoms with Gasteiger partial charge < -0.3 is 10.2 Å². The molecule has 0 unspecified atom stereocenters. The van der Waals surface area contributed by atoms with Gasteiger partial charge in [0.1, 0.15) is 0 Å². The summed E-state index contributed by atoms with van der Waals surface area (Å²) in [5, 5.41) is 3.45. The topological polar surface area (TPSA) is 28.2 Å². The van der Waals surface area contributed by atoms with Crippen molar-refractivity contribution in [1.82, 2.24) is 10.3 Å². The second-order valence-corrected chi connectivity index (χ2v) is 5.36. The van der Waals surface area contributed by atoms with Crippen molar-refractivity contribution in [3.63, 3.8) is 0 Å². The lowest BCUT2D eigenvalue weighted by molar-refractivity contribution is 0.431. The maximum atomic E-state index is 4.56. The fourth-order valence-corrected chi connectivity index (χ4v) is 2.53. The molecule has 0 aliphatic carbocycles. The molecule has 2 atom stereocenters. The van der Waals surface area contributed by atoms with Gasteiger partial charge in [-0.3, -0.25) is 4.98 Å². The van der Waals surface area contributed by atoms with Crippen LogP contribution in [0.4, 0.5) is 5.69 Å². The Bertz CT molecular complexity index is 348. The smallest absolute Gasteiger partial charge is 0.0558 e. The summed E-state index contributed by atoms with van der Waals surface area (Å²) < 4.78 is 0. The van der Waals surface area contributed by atoms with Gasteiger partial charge in [0, 0.05) is 30.9 Å². The first kappa shape index (κ1) is 12.4. The Morgan fingerprint density at radius 1 is 1.24 bits per heavy atom. The van der Waals surface area contributed by atoms with Gasteiger partial charge >= 0.3 is 0 Å². The molecule has 1 aromatic rings. The van der Waals surface area contributed by atoms with Crippen molar-refractivity contribution in [3.05, 3.63) is 24.0 Å². The molecule has 3 heteroatoms. The second-order valence-electron chi connectivity index (χ2n) is 5.36. The fraction of sp³-hybridized carbons (Fsp3) is 0.643. The van der Waals surface area contributed by atoms with Crippen LogP contribution in [-0.2, 0) is 0 Å². The number of aromatic nitrogens is 1. The maximum Gasteiger partial charge on any atom is 0.0558 e. The third-order valence-corrected chi connectivity index (χ3v) is 3.49. The van der Waals surface area contributed by atoms with Gasteiger partial charge in [0.2, 0.25) is 0 Å². The minimum atomic E-state index is 0.502. The Balaban J connectivity index is 2.20. The lowest BCUT2D eigenvalue weighted by Crippen LogP contribution is -2.55. The molecule has 0 amide bonds. The number of anilines is 1. The third-order valence-electron chi connectivity index (χ3n) is 3.49.